The first-order chi connectivity index (χ1) is 7.54. The number of ether oxygens (including phenoxy) is 1. The third-order valence-corrected chi connectivity index (χ3v) is 1.97. The van der Waals surface area contributed by atoms with Crippen LogP contribution in [0.25, 0.3) is 6.08 Å². The van der Waals surface area contributed by atoms with Crippen LogP contribution in [-0.4, -0.2) is 18.9 Å². The van der Waals surface area contributed by atoms with E-state index >= 15 is 0 Å². The van der Waals surface area contributed by atoms with E-state index in [0.29, 0.717) is 5.56 Å². The first kappa shape index (κ1) is 12.1. The van der Waals surface area contributed by atoms with Gasteiger partial charge in [-0.15, -0.1) is 0 Å². The van der Waals surface area contributed by atoms with Crippen LogP contribution >= 0.6 is 0 Å². The summed E-state index contributed by atoms with van der Waals surface area (Å²) in [4.78, 5) is 22.4. The van der Waals surface area contributed by atoms with Gasteiger partial charge in [0.1, 0.15) is 11.4 Å². The van der Waals surface area contributed by atoms with Gasteiger partial charge in [0.15, 0.2) is 5.78 Å². The lowest BCUT2D eigenvalue weighted by atomic mass is 10.1. The number of ketones is 1. The third-order valence-electron chi connectivity index (χ3n) is 1.97. The number of carbonyl (C=O) groups excluding carboxylic acids is 2. The number of methoxy groups -OCH3 is 1. The molecule has 1 aromatic carbocycles. The molecule has 0 spiro atoms. The van der Waals surface area contributed by atoms with Crippen LogP contribution in [0.2, 0.25) is 0 Å². The molecule has 16 heavy (non-hydrogen) atoms. The molecule has 0 aromatic heterocycles. The van der Waals surface area contributed by atoms with Crippen LogP contribution in [0.5, 0.6) is 0 Å². The van der Waals surface area contributed by atoms with Crippen LogP contribution in [0.3, 0.4) is 0 Å². The molecule has 0 aliphatic heterocycles. The molecule has 3 nitrogen and oxygen atoms in total. The Labute approximate surface area is 92.5 Å². The number of benzene rings is 1. The van der Waals surface area contributed by atoms with Crippen molar-refractivity contribution in [3.05, 3.63) is 41.2 Å². The molecule has 0 bridgehead atoms. The van der Waals surface area contributed by atoms with Crippen molar-refractivity contribution in [2.45, 2.75) is 6.92 Å². The van der Waals surface area contributed by atoms with Crippen LogP contribution in [0.4, 0.5) is 4.39 Å². The molecule has 0 aliphatic rings. The number of Topliss-reactive ketones (excluding diaryl/α,β-unsaturated/α-hetero) is 1. The topological polar surface area (TPSA) is 43.4 Å². The molecular formula is C12H11FO3. The average Bonchev–Trinajstić information content (AvgIpc) is 2.27. The number of hydrogen-bond acceptors (Lipinski definition) is 3. The van der Waals surface area contributed by atoms with E-state index in [0.717, 1.165) is 0 Å². The predicted molar refractivity (Wildman–Crippen MR) is 57.1 cm³/mol. The Hall–Kier alpha value is -1.97. The second kappa shape index (κ2) is 5.21. The summed E-state index contributed by atoms with van der Waals surface area (Å²) in [6.45, 7) is 1.27. The quantitative estimate of drug-likeness (QED) is 0.340. The Morgan fingerprint density at radius 2 is 1.81 bits per heavy atom. The molecule has 0 fully saturated rings. The summed E-state index contributed by atoms with van der Waals surface area (Å²) >= 11 is 0. The maximum atomic E-state index is 12.6. The highest BCUT2D eigenvalue weighted by molar-refractivity contribution is 6.19. The molecule has 0 radical (unpaired) electrons. The second-order valence-electron chi connectivity index (χ2n) is 3.16. The fourth-order valence-corrected chi connectivity index (χ4v) is 1.14. The lowest BCUT2D eigenvalue weighted by Crippen LogP contribution is -2.11. The van der Waals surface area contributed by atoms with Crippen molar-refractivity contribution in [2.75, 3.05) is 7.11 Å². The normalized spacial score (nSPS) is 11.1. The van der Waals surface area contributed by atoms with Gasteiger partial charge in [-0.1, -0.05) is 12.1 Å². The molecule has 0 saturated carbocycles. The van der Waals surface area contributed by atoms with E-state index in [2.05, 4.69) is 4.74 Å². The van der Waals surface area contributed by atoms with Crippen molar-refractivity contribution in [1.29, 1.82) is 0 Å². The van der Waals surface area contributed by atoms with Gasteiger partial charge < -0.3 is 4.74 Å². The largest absolute Gasteiger partial charge is 0.465 e. The minimum Gasteiger partial charge on any atom is -0.465 e. The van der Waals surface area contributed by atoms with E-state index in [1.165, 1.54) is 44.4 Å². The summed E-state index contributed by atoms with van der Waals surface area (Å²) in [7, 11) is 1.20. The molecule has 0 heterocycles. The Kier molecular flexibility index (Phi) is 3.94. The summed E-state index contributed by atoms with van der Waals surface area (Å²) in [6, 6.07) is 5.45. The molecule has 0 amide bonds. The molecule has 1 rings (SSSR count). The van der Waals surface area contributed by atoms with Gasteiger partial charge in [0.05, 0.1) is 7.11 Å². The zero-order valence-electron chi connectivity index (χ0n) is 8.99. The van der Waals surface area contributed by atoms with E-state index < -0.39 is 11.8 Å². The number of hydrogen-bond donors (Lipinski definition) is 0. The number of halogens is 1. The maximum Gasteiger partial charge on any atom is 0.341 e. The molecule has 0 N–H and O–H groups in total. The highest BCUT2D eigenvalue weighted by Gasteiger charge is 2.14. The van der Waals surface area contributed by atoms with Crippen LogP contribution < -0.4 is 0 Å². The van der Waals surface area contributed by atoms with Crippen LogP contribution in [0.15, 0.2) is 29.8 Å². The Morgan fingerprint density at radius 1 is 1.25 bits per heavy atom. The summed E-state index contributed by atoms with van der Waals surface area (Å²) in [5, 5.41) is 0. The predicted octanol–water partition coefficient (Wildman–Crippen LogP) is 1.97. The van der Waals surface area contributed by atoms with Gasteiger partial charge in [-0.25, -0.2) is 9.18 Å². The second-order valence-corrected chi connectivity index (χ2v) is 3.16. The van der Waals surface area contributed by atoms with Crippen LogP contribution in [0.1, 0.15) is 12.5 Å². The summed E-state index contributed by atoms with van der Waals surface area (Å²) in [5.41, 5.74) is 0.506. The third kappa shape index (κ3) is 3.02. The molecule has 0 unspecified atom stereocenters. The highest BCUT2D eigenvalue weighted by atomic mass is 19.1. The van der Waals surface area contributed by atoms with E-state index in [4.69, 9.17) is 0 Å². The lowest BCUT2D eigenvalue weighted by Gasteiger charge is -2.01. The fraction of sp³-hybridized carbons (Fsp3) is 0.167. The number of carbonyl (C=O) groups is 2. The molecule has 4 heteroatoms. The van der Waals surface area contributed by atoms with Gasteiger partial charge in [0.25, 0.3) is 0 Å². The first-order valence-electron chi connectivity index (χ1n) is 4.61. The van der Waals surface area contributed by atoms with Crippen molar-refractivity contribution in [3.8, 4) is 0 Å². The van der Waals surface area contributed by atoms with E-state index in [1.807, 2.05) is 0 Å². The molecule has 84 valence electrons. The summed E-state index contributed by atoms with van der Waals surface area (Å²) < 4.78 is 17.1. The minimum atomic E-state index is -0.697. The van der Waals surface area contributed by atoms with E-state index in [1.54, 1.807) is 0 Å². The number of esters is 1. The van der Waals surface area contributed by atoms with Crippen molar-refractivity contribution in [3.63, 3.8) is 0 Å². The van der Waals surface area contributed by atoms with Crippen molar-refractivity contribution in [1.82, 2.24) is 0 Å². The molecular weight excluding hydrogens is 211 g/mol. The Balaban J connectivity index is 3.07. The molecule has 0 saturated heterocycles. The fourth-order valence-electron chi connectivity index (χ4n) is 1.14. The minimum absolute atomic E-state index is 0.0610. The lowest BCUT2D eigenvalue weighted by molar-refractivity contribution is -0.137. The average molecular weight is 222 g/mol. The molecule has 0 aliphatic carbocycles. The Morgan fingerprint density at radius 3 is 2.25 bits per heavy atom. The van der Waals surface area contributed by atoms with Gasteiger partial charge in [0.2, 0.25) is 0 Å². The van der Waals surface area contributed by atoms with Gasteiger partial charge in [-0.2, -0.15) is 0 Å². The zero-order valence-corrected chi connectivity index (χ0v) is 8.99. The van der Waals surface area contributed by atoms with Crippen LogP contribution in [-0.2, 0) is 14.3 Å². The number of rotatable bonds is 3. The summed E-state index contributed by atoms with van der Waals surface area (Å²) in [5.74, 6) is -1.47. The first-order valence-corrected chi connectivity index (χ1v) is 4.61. The molecule has 0 atom stereocenters. The van der Waals surface area contributed by atoms with Gasteiger partial charge in [-0.05, 0) is 30.7 Å². The van der Waals surface area contributed by atoms with Gasteiger partial charge in [0, 0.05) is 0 Å². The SMILES string of the molecule is COC(=O)/C(=C\c1ccc(F)cc1)C(C)=O. The Bertz CT molecular complexity index is 432. The van der Waals surface area contributed by atoms with E-state index in [9.17, 15) is 14.0 Å². The van der Waals surface area contributed by atoms with Crippen molar-refractivity contribution in [2.24, 2.45) is 0 Å². The van der Waals surface area contributed by atoms with Crippen LogP contribution in [0, 0.1) is 5.82 Å². The van der Waals surface area contributed by atoms with Gasteiger partial charge >= 0.3 is 5.97 Å². The monoisotopic (exact) mass is 222 g/mol. The zero-order chi connectivity index (χ0) is 12.1. The van der Waals surface area contributed by atoms with E-state index in [-0.39, 0.29) is 11.4 Å². The smallest absolute Gasteiger partial charge is 0.341 e. The van der Waals surface area contributed by atoms with Crippen molar-refractivity contribution >= 4 is 17.8 Å². The standard InChI is InChI=1S/C12H11FO3/c1-8(14)11(12(15)16-2)7-9-3-5-10(13)6-4-9/h3-7H,1-2H3/b11-7-. The maximum absolute atomic E-state index is 12.6. The van der Waals surface area contributed by atoms with Crippen molar-refractivity contribution < 1.29 is 18.7 Å². The summed E-state index contributed by atoms with van der Waals surface area (Å²) in [6.07, 6.45) is 1.37. The van der Waals surface area contributed by atoms with Gasteiger partial charge in [-0.3, -0.25) is 4.79 Å². The molecule has 1 aromatic rings. The highest BCUT2D eigenvalue weighted by Crippen LogP contribution is 2.10.